The summed E-state index contributed by atoms with van der Waals surface area (Å²) in [7, 11) is 0. The molecule has 0 unspecified atom stereocenters. The Morgan fingerprint density at radius 1 is 1.00 bits per heavy atom. The molecule has 0 heterocycles. The molecule has 0 aliphatic heterocycles. The van der Waals surface area contributed by atoms with Crippen LogP contribution in [0.4, 0.5) is 10.5 Å². The van der Waals surface area contributed by atoms with Crippen LogP contribution in [0.5, 0.6) is 0 Å². The van der Waals surface area contributed by atoms with Gasteiger partial charge in [0.25, 0.3) is 0 Å². The van der Waals surface area contributed by atoms with Gasteiger partial charge in [0.05, 0.1) is 15.7 Å². The van der Waals surface area contributed by atoms with Crippen molar-refractivity contribution in [2.24, 2.45) is 0 Å². The van der Waals surface area contributed by atoms with Gasteiger partial charge in [0.1, 0.15) is 9.65 Å². The largest absolute Gasteiger partial charge is 0.324 e. The monoisotopic (exact) mass is 366 g/mol. The second-order valence-corrected chi connectivity index (χ2v) is 5.48. The van der Waals surface area contributed by atoms with E-state index in [1.807, 2.05) is 0 Å². The van der Waals surface area contributed by atoms with Crippen molar-refractivity contribution in [2.75, 3.05) is 5.32 Å². The van der Waals surface area contributed by atoms with Crippen molar-refractivity contribution in [1.82, 2.24) is 5.32 Å². The SMILES string of the molecule is O=C(NC(Cl)=C(Cl)Cl)Nc1c(Cl)cc(Cl)cc1Cl. The number of halogens is 6. The van der Waals surface area contributed by atoms with E-state index in [2.05, 4.69) is 10.6 Å². The van der Waals surface area contributed by atoms with Crippen molar-refractivity contribution >= 4 is 81.3 Å². The number of hydrogen-bond donors (Lipinski definition) is 2. The first kappa shape index (κ1) is 16.0. The number of amides is 2. The van der Waals surface area contributed by atoms with Crippen LogP contribution in [0.2, 0.25) is 15.1 Å². The highest BCUT2D eigenvalue weighted by atomic mass is 35.5. The van der Waals surface area contributed by atoms with Crippen molar-refractivity contribution < 1.29 is 4.79 Å². The maximum absolute atomic E-state index is 11.5. The number of nitrogens with one attached hydrogen (secondary N) is 2. The van der Waals surface area contributed by atoms with Gasteiger partial charge in [-0.05, 0) is 12.1 Å². The molecule has 0 aliphatic rings. The van der Waals surface area contributed by atoms with Crippen LogP contribution in [0.15, 0.2) is 21.8 Å². The lowest BCUT2D eigenvalue weighted by molar-refractivity contribution is 0.255. The second kappa shape index (κ2) is 6.94. The van der Waals surface area contributed by atoms with Gasteiger partial charge in [0.15, 0.2) is 0 Å². The molecule has 0 bridgehead atoms. The van der Waals surface area contributed by atoms with Gasteiger partial charge in [0, 0.05) is 5.02 Å². The highest BCUT2D eigenvalue weighted by molar-refractivity contribution is 6.59. The van der Waals surface area contributed by atoms with E-state index in [0.717, 1.165) is 0 Å². The molecule has 0 spiro atoms. The Balaban J connectivity index is 2.86. The molecule has 18 heavy (non-hydrogen) atoms. The molecule has 98 valence electrons. The predicted molar refractivity (Wildman–Crippen MR) is 78.2 cm³/mol. The number of urea groups is 1. The van der Waals surface area contributed by atoms with Crippen LogP contribution < -0.4 is 10.6 Å². The molecule has 1 aromatic carbocycles. The van der Waals surface area contributed by atoms with Gasteiger partial charge >= 0.3 is 6.03 Å². The third-order valence-corrected chi connectivity index (χ3v) is 3.30. The lowest BCUT2D eigenvalue weighted by Crippen LogP contribution is -2.26. The summed E-state index contributed by atoms with van der Waals surface area (Å²) in [4.78, 5) is 11.5. The zero-order valence-corrected chi connectivity index (χ0v) is 12.9. The topological polar surface area (TPSA) is 41.1 Å². The minimum absolute atomic E-state index is 0.180. The fourth-order valence-electron chi connectivity index (χ4n) is 0.953. The highest BCUT2D eigenvalue weighted by Gasteiger charge is 2.12. The number of rotatable bonds is 2. The minimum atomic E-state index is -0.704. The molecule has 0 aromatic heterocycles. The van der Waals surface area contributed by atoms with E-state index in [4.69, 9.17) is 69.6 Å². The molecule has 0 radical (unpaired) electrons. The Labute approximate surface area is 133 Å². The van der Waals surface area contributed by atoms with E-state index in [-0.39, 0.29) is 25.4 Å². The van der Waals surface area contributed by atoms with E-state index in [0.29, 0.717) is 5.02 Å². The first-order valence-electron chi connectivity index (χ1n) is 4.24. The van der Waals surface area contributed by atoms with Crippen LogP contribution in [0.25, 0.3) is 0 Å². The summed E-state index contributed by atoms with van der Waals surface area (Å²) in [5.41, 5.74) is 0.190. The van der Waals surface area contributed by atoms with E-state index >= 15 is 0 Å². The van der Waals surface area contributed by atoms with Crippen LogP contribution in [0, 0.1) is 0 Å². The normalized spacial score (nSPS) is 9.89. The van der Waals surface area contributed by atoms with Gasteiger partial charge in [-0.25, -0.2) is 4.79 Å². The Morgan fingerprint density at radius 2 is 1.50 bits per heavy atom. The predicted octanol–water partition coefficient (Wildman–Crippen LogP) is 5.61. The summed E-state index contributed by atoms with van der Waals surface area (Å²) in [5, 5.41) is 5.04. The Bertz CT molecular complexity index is 489. The standard InChI is InChI=1S/C9H4Cl6N2O/c10-3-1-4(11)6(5(12)2-3)16-9(18)17-8(15)7(13)14/h1-2H,(H2,16,17,18). The molecule has 0 saturated heterocycles. The zero-order chi connectivity index (χ0) is 13.9. The smallest absolute Gasteiger partial charge is 0.305 e. The number of hydrogen-bond acceptors (Lipinski definition) is 1. The van der Waals surface area contributed by atoms with Crippen LogP contribution in [0.1, 0.15) is 0 Å². The van der Waals surface area contributed by atoms with Gasteiger partial charge in [-0.2, -0.15) is 0 Å². The third kappa shape index (κ3) is 4.57. The van der Waals surface area contributed by atoms with E-state index in [9.17, 15) is 4.79 Å². The Hall–Kier alpha value is -0.0300. The maximum Gasteiger partial charge on any atom is 0.324 e. The molecule has 2 amide bonds. The van der Waals surface area contributed by atoms with Gasteiger partial charge in [0.2, 0.25) is 0 Å². The first-order chi connectivity index (χ1) is 8.31. The number of carbonyl (C=O) groups is 1. The van der Waals surface area contributed by atoms with Crippen molar-refractivity contribution in [2.45, 2.75) is 0 Å². The summed E-state index contributed by atoms with van der Waals surface area (Å²) < 4.78 is -0.278. The summed E-state index contributed by atoms with van der Waals surface area (Å²) in [6.45, 7) is 0. The number of benzene rings is 1. The van der Waals surface area contributed by atoms with Crippen molar-refractivity contribution in [3.63, 3.8) is 0 Å². The molecule has 0 saturated carbocycles. The van der Waals surface area contributed by atoms with Crippen molar-refractivity contribution in [3.8, 4) is 0 Å². The van der Waals surface area contributed by atoms with E-state index in [1.54, 1.807) is 0 Å². The molecular weight excluding hydrogens is 365 g/mol. The summed E-state index contributed by atoms with van der Waals surface area (Å²) in [6, 6.07) is 2.15. The third-order valence-electron chi connectivity index (χ3n) is 1.63. The zero-order valence-electron chi connectivity index (χ0n) is 8.33. The summed E-state index contributed by atoms with van der Waals surface area (Å²) in [6.07, 6.45) is 0. The molecular formula is C9H4Cl6N2O. The van der Waals surface area contributed by atoms with Crippen molar-refractivity contribution in [1.29, 1.82) is 0 Å². The molecule has 1 aromatic rings. The van der Waals surface area contributed by atoms with Gasteiger partial charge in [-0.1, -0.05) is 69.6 Å². The second-order valence-electron chi connectivity index (χ2n) is 2.90. The fourth-order valence-corrected chi connectivity index (χ4v) is 2.05. The van der Waals surface area contributed by atoms with E-state index < -0.39 is 6.03 Å². The Morgan fingerprint density at radius 3 is 1.94 bits per heavy atom. The molecule has 0 fully saturated rings. The average Bonchev–Trinajstić information content (AvgIpc) is 2.23. The fraction of sp³-hybridized carbons (Fsp3) is 0. The first-order valence-corrected chi connectivity index (χ1v) is 6.51. The van der Waals surface area contributed by atoms with Crippen molar-refractivity contribution in [3.05, 3.63) is 36.8 Å². The van der Waals surface area contributed by atoms with Crippen LogP contribution in [-0.2, 0) is 0 Å². The molecule has 1 rings (SSSR count). The summed E-state index contributed by atoms with van der Waals surface area (Å²) >= 11 is 33.7. The minimum Gasteiger partial charge on any atom is -0.305 e. The quantitative estimate of drug-likeness (QED) is 0.654. The lowest BCUT2D eigenvalue weighted by Gasteiger charge is -2.10. The van der Waals surface area contributed by atoms with Gasteiger partial charge in [-0.15, -0.1) is 0 Å². The van der Waals surface area contributed by atoms with Crippen LogP contribution in [-0.4, -0.2) is 6.03 Å². The van der Waals surface area contributed by atoms with Crippen LogP contribution in [0.3, 0.4) is 0 Å². The average molecular weight is 369 g/mol. The molecule has 2 N–H and O–H groups in total. The van der Waals surface area contributed by atoms with Crippen LogP contribution >= 0.6 is 69.6 Å². The molecule has 9 heteroatoms. The molecule has 3 nitrogen and oxygen atoms in total. The van der Waals surface area contributed by atoms with Gasteiger partial charge in [-0.3, -0.25) is 5.32 Å². The maximum atomic E-state index is 11.5. The number of carbonyl (C=O) groups excluding carboxylic acids is 1. The number of anilines is 1. The Kier molecular flexibility index (Phi) is 6.18. The molecule has 0 aliphatic carbocycles. The molecule has 0 atom stereocenters. The highest BCUT2D eigenvalue weighted by Crippen LogP contribution is 2.33. The van der Waals surface area contributed by atoms with E-state index in [1.165, 1.54) is 12.1 Å². The summed E-state index contributed by atoms with van der Waals surface area (Å²) in [5.74, 6) is 0. The lowest BCUT2D eigenvalue weighted by atomic mass is 10.3. The van der Waals surface area contributed by atoms with Gasteiger partial charge < -0.3 is 5.32 Å².